The maximum Gasteiger partial charge on any atom is 0.220 e. The van der Waals surface area contributed by atoms with Gasteiger partial charge in [0.1, 0.15) is 5.75 Å². The summed E-state index contributed by atoms with van der Waals surface area (Å²) in [7, 11) is 0. The van der Waals surface area contributed by atoms with Gasteiger partial charge >= 0.3 is 0 Å². The van der Waals surface area contributed by atoms with Crippen LogP contribution in [-0.4, -0.2) is 30.7 Å². The number of anilines is 1. The number of likely N-dealkylation sites (tertiary alicyclic amines) is 1. The third-order valence-corrected chi connectivity index (χ3v) is 4.19. The second-order valence-corrected chi connectivity index (χ2v) is 5.73. The topological polar surface area (TPSA) is 90.8 Å². The highest BCUT2D eigenvalue weighted by atomic mass is 16.7. The number of carbonyl (C=O) groups excluding carboxylic acids is 1. The molecule has 1 fully saturated rings. The Bertz CT molecular complexity index is 539. The van der Waals surface area contributed by atoms with Crippen molar-refractivity contribution in [3.63, 3.8) is 0 Å². The Balaban J connectivity index is 1.71. The molecule has 0 unspecified atom stereocenters. The number of benzene rings is 1. The lowest BCUT2D eigenvalue weighted by Crippen LogP contribution is -2.38. The quantitative estimate of drug-likeness (QED) is 0.805. The Labute approximate surface area is 124 Å². The minimum absolute atomic E-state index is 0.0145. The molecule has 0 radical (unpaired) electrons. The molecule has 1 amide bonds. The minimum atomic E-state index is -0.184. The second-order valence-electron chi connectivity index (χ2n) is 5.73. The fourth-order valence-corrected chi connectivity index (χ4v) is 3.06. The van der Waals surface area contributed by atoms with Gasteiger partial charge in [0.15, 0.2) is 6.79 Å². The number of nitrogen functional groups attached to an aromatic ring is 1. The van der Waals surface area contributed by atoms with Crippen molar-refractivity contribution in [2.45, 2.75) is 26.0 Å². The molecule has 6 heteroatoms. The normalized spacial score (nSPS) is 19.8. The zero-order valence-electron chi connectivity index (χ0n) is 12.0. The number of carbonyl (C=O) groups is 1. The molecular formula is C15H21N3O3. The maximum atomic E-state index is 11.2. The van der Waals surface area contributed by atoms with E-state index in [1.807, 2.05) is 12.1 Å². The van der Waals surface area contributed by atoms with E-state index in [1.165, 1.54) is 0 Å². The highest BCUT2D eigenvalue weighted by molar-refractivity contribution is 5.76. The summed E-state index contributed by atoms with van der Waals surface area (Å²) in [6, 6.07) is 3.86. The first kappa shape index (κ1) is 14.2. The zero-order chi connectivity index (χ0) is 14.8. The van der Waals surface area contributed by atoms with Gasteiger partial charge in [-0.1, -0.05) is 0 Å². The molecule has 2 aliphatic heterocycles. The highest BCUT2D eigenvalue weighted by Crippen LogP contribution is 2.32. The van der Waals surface area contributed by atoms with Crippen LogP contribution in [0.1, 0.15) is 24.0 Å². The summed E-state index contributed by atoms with van der Waals surface area (Å²) in [6.45, 7) is 3.34. The molecule has 0 aliphatic carbocycles. The molecule has 2 heterocycles. The third kappa shape index (κ3) is 3.11. The SMILES string of the molecule is NC(=O)C1CCN(Cc2cc(N)cc3c2OCOC3)CC1. The lowest BCUT2D eigenvalue weighted by Gasteiger charge is -2.31. The molecule has 21 heavy (non-hydrogen) atoms. The number of hydrogen-bond donors (Lipinski definition) is 2. The van der Waals surface area contributed by atoms with Gasteiger partial charge in [0.05, 0.1) is 6.61 Å². The Hall–Kier alpha value is -1.79. The summed E-state index contributed by atoms with van der Waals surface area (Å²) < 4.78 is 10.9. The van der Waals surface area contributed by atoms with Gasteiger partial charge < -0.3 is 20.9 Å². The monoisotopic (exact) mass is 291 g/mol. The van der Waals surface area contributed by atoms with E-state index in [2.05, 4.69) is 4.90 Å². The van der Waals surface area contributed by atoms with Gasteiger partial charge in [-0.05, 0) is 38.1 Å². The number of nitrogens with zero attached hydrogens (tertiary/aromatic N) is 1. The fraction of sp³-hybridized carbons (Fsp3) is 0.533. The summed E-state index contributed by atoms with van der Waals surface area (Å²) in [5, 5.41) is 0. The van der Waals surface area contributed by atoms with Crippen LogP contribution in [0.2, 0.25) is 0 Å². The van der Waals surface area contributed by atoms with Crippen LogP contribution in [0.3, 0.4) is 0 Å². The molecule has 4 N–H and O–H groups in total. The number of rotatable bonds is 3. The Morgan fingerprint density at radius 2 is 2.10 bits per heavy atom. The van der Waals surface area contributed by atoms with Crippen LogP contribution in [0, 0.1) is 5.92 Å². The molecule has 0 aromatic heterocycles. The van der Waals surface area contributed by atoms with Crippen molar-refractivity contribution in [3.8, 4) is 5.75 Å². The van der Waals surface area contributed by atoms with Crippen molar-refractivity contribution in [2.75, 3.05) is 25.6 Å². The Morgan fingerprint density at radius 1 is 1.33 bits per heavy atom. The van der Waals surface area contributed by atoms with E-state index < -0.39 is 0 Å². The number of primary amides is 1. The first-order valence-electron chi connectivity index (χ1n) is 7.27. The van der Waals surface area contributed by atoms with Crippen LogP contribution < -0.4 is 16.2 Å². The standard InChI is InChI=1S/C15H21N3O3/c16-13-5-11(14-12(6-13)8-20-9-21-14)7-18-3-1-10(2-4-18)15(17)19/h5-6,10H,1-4,7-9,16H2,(H2,17,19). The predicted molar refractivity (Wildman–Crippen MR) is 78.3 cm³/mol. The number of piperidine rings is 1. The fourth-order valence-electron chi connectivity index (χ4n) is 3.06. The van der Waals surface area contributed by atoms with Gasteiger partial charge in [0, 0.05) is 29.3 Å². The van der Waals surface area contributed by atoms with Crippen molar-refractivity contribution in [1.29, 1.82) is 0 Å². The van der Waals surface area contributed by atoms with E-state index in [1.54, 1.807) is 0 Å². The maximum absolute atomic E-state index is 11.2. The molecule has 0 bridgehead atoms. The molecule has 114 valence electrons. The van der Waals surface area contributed by atoms with Crippen molar-refractivity contribution in [1.82, 2.24) is 4.90 Å². The molecule has 1 aromatic rings. The number of amides is 1. The molecule has 1 saturated heterocycles. The van der Waals surface area contributed by atoms with Gasteiger partial charge in [0.25, 0.3) is 0 Å². The van der Waals surface area contributed by atoms with Crippen molar-refractivity contribution in [3.05, 3.63) is 23.3 Å². The predicted octanol–water partition coefficient (Wildman–Crippen LogP) is 0.833. The molecular weight excluding hydrogens is 270 g/mol. The van der Waals surface area contributed by atoms with E-state index in [9.17, 15) is 4.79 Å². The Morgan fingerprint density at radius 3 is 2.81 bits per heavy atom. The molecule has 0 atom stereocenters. The van der Waals surface area contributed by atoms with Crippen molar-refractivity contribution >= 4 is 11.6 Å². The highest BCUT2D eigenvalue weighted by Gasteiger charge is 2.24. The number of ether oxygens (including phenoxy) is 2. The zero-order valence-corrected chi connectivity index (χ0v) is 12.0. The smallest absolute Gasteiger partial charge is 0.220 e. The van der Waals surface area contributed by atoms with E-state index in [0.717, 1.165) is 55.0 Å². The minimum Gasteiger partial charge on any atom is -0.467 e. The van der Waals surface area contributed by atoms with E-state index in [4.69, 9.17) is 20.9 Å². The van der Waals surface area contributed by atoms with Crippen LogP contribution in [0.5, 0.6) is 5.75 Å². The van der Waals surface area contributed by atoms with Crippen LogP contribution in [0.4, 0.5) is 5.69 Å². The summed E-state index contributed by atoms with van der Waals surface area (Å²) in [4.78, 5) is 13.5. The van der Waals surface area contributed by atoms with Crippen LogP contribution in [0.15, 0.2) is 12.1 Å². The van der Waals surface area contributed by atoms with Crippen LogP contribution in [-0.2, 0) is 22.7 Å². The molecule has 6 nitrogen and oxygen atoms in total. The first-order chi connectivity index (χ1) is 10.1. The van der Waals surface area contributed by atoms with E-state index in [-0.39, 0.29) is 18.6 Å². The molecule has 0 spiro atoms. The van der Waals surface area contributed by atoms with E-state index >= 15 is 0 Å². The third-order valence-electron chi connectivity index (χ3n) is 4.19. The number of fused-ring (bicyclic) bond motifs is 1. The molecule has 1 aromatic carbocycles. The Kier molecular flexibility index (Phi) is 3.98. The van der Waals surface area contributed by atoms with E-state index in [0.29, 0.717) is 6.61 Å². The summed E-state index contributed by atoms with van der Waals surface area (Å²) in [5.41, 5.74) is 14.1. The van der Waals surface area contributed by atoms with Gasteiger partial charge in [-0.25, -0.2) is 0 Å². The average Bonchev–Trinajstić information content (AvgIpc) is 2.47. The lowest BCUT2D eigenvalue weighted by atomic mass is 9.95. The largest absolute Gasteiger partial charge is 0.467 e. The van der Waals surface area contributed by atoms with Crippen LogP contribution >= 0.6 is 0 Å². The summed E-state index contributed by atoms with van der Waals surface area (Å²) in [6.07, 6.45) is 1.65. The van der Waals surface area contributed by atoms with Gasteiger partial charge in [-0.3, -0.25) is 9.69 Å². The van der Waals surface area contributed by atoms with Crippen LogP contribution in [0.25, 0.3) is 0 Å². The number of nitrogens with two attached hydrogens (primary N) is 2. The molecule has 3 rings (SSSR count). The summed E-state index contributed by atoms with van der Waals surface area (Å²) >= 11 is 0. The second kappa shape index (κ2) is 5.91. The van der Waals surface area contributed by atoms with Crippen molar-refractivity contribution < 1.29 is 14.3 Å². The lowest BCUT2D eigenvalue weighted by molar-refractivity contribution is -0.123. The summed E-state index contributed by atoms with van der Waals surface area (Å²) in [5.74, 6) is 0.726. The molecule has 0 saturated carbocycles. The van der Waals surface area contributed by atoms with Crippen molar-refractivity contribution in [2.24, 2.45) is 11.7 Å². The van der Waals surface area contributed by atoms with Gasteiger partial charge in [0.2, 0.25) is 5.91 Å². The molecule has 2 aliphatic rings. The first-order valence-corrected chi connectivity index (χ1v) is 7.27. The average molecular weight is 291 g/mol. The number of hydrogen-bond acceptors (Lipinski definition) is 5. The van der Waals surface area contributed by atoms with Gasteiger partial charge in [-0.15, -0.1) is 0 Å². The van der Waals surface area contributed by atoms with Gasteiger partial charge in [-0.2, -0.15) is 0 Å².